The Balaban J connectivity index is 0.00000181. The minimum absolute atomic E-state index is 0. The van der Waals surface area contributed by atoms with Crippen LogP contribution in [-0.2, 0) is 0 Å². The Bertz CT molecular complexity index is 1210. The first kappa shape index (κ1) is 25.1. The lowest BCUT2D eigenvalue weighted by Gasteiger charge is -2.12. The summed E-state index contributed by atoms with van der Waals surface area (Å²) >= 11 is 0. The maximum absolute atomic E-state index is 5.96. The average Bonchev–Trinajstić information content (AvgIpc) is 2.76. The van der Waals surface area contributed by atoms with Crippen molar-refractivity contribution >= 4 is 53.3 Å². The molecular weight excluding hydrogens is 445 g/mol. The minimum Gasteiger partial charge on any atom is -0.455 e. The zero-order chi connectivity index (χ0) is 20.9. The summed E-state index contributed by atoms with van der Waals surface area (Å²) in [5, 5.41) is 4.35. The van der Waals surface area contributed by atoms with Crippen LogP contribution in [0.2, 0.25) is 0 Å². The predicted molar refractivity (Wildman–Crippen MR) is 136 cm³/mol. The number of hydrogen-bond acceptors (Lipinski definition) is 6. The van der Waals surface area contributed by atoms with Crippen molar-refractivity contribution in [3.05, 3.63) is 84.0 Å². The minimum atomic E-state index is 0. The van der Waals surface area contributed by atoms with E-state index in [-0.39, 0.29) is 24.8 Å². The van der Waals surface area contributed by atoms with Crippen molar-refractivity contribution in [3.63, 3.8) is 0 Å². The molecule has 32 heavy (non-hydrogen) atoms. The van der Waals surface area contributed by atoms with E-state index in [2.05, 4.69) is 26.3 Å². The van der Waals surface area contributed by atoms with Crippen LogP contribution >= 0.6 is 24.8 Å². The Morgan fingerprint density at radius 1 is 0.969 bits per heavy atom. The molecule has 0 saturated heterocycles. The summed E-state index contributed by atoms with van der Waals surface area (Å²) in [5.41, 5.74) is 10.4. The molecule has 0 atom stereocenters. The summed E-state index contributed by atoms with van der Waals surface area (Å²) in [5.74, 6) is 2.25. The molecule has 6 nitrogen and oxygen atoms in total. The number of hydrogen-bond donors (Lipinski definition) is 2. The van der Waals surface area contributed by atoms with Gasteiger partial charge in [0.1, 0.15) is 23.6 Å². The highest BCUT2D eigenvalue weighted by Gasteiger charge is 2.08. The molecule has 166 valence electrons. The van der Waals surface area contributed by atoms with Gasteiger partial charge in [-0.05, 0) is 67.4 Å². The van der Waals surface area contributed by atoms with Gasteiger partial charge < -0.3 is 15.8 Å². The predicted octanol–water partition coefficient (Wildman–Crippen LogP) is 5.99. The van der Waals surface area contributed by atoms with Crippen LogP contribution in [0.5, 0.6) is 11.5 Å². The van der Waals surface area contributed by atoms with E-state index in [1.165, 1.54) is 0 Å². The number of ether oxygens (including phenoxy) is 1. The summed E-state index contributed by atoms with van der Waals surface area (Å²) in [6.45, 7) is 4.46. The van der Waals surface area contributed by atoms with Crippen molar-refractivity contribution in [2.45, 2.75) is 13.8 Å². The topological polar surface area (TPSA) is 86.0 Å². The third kappa shape index (κ3) is 5.95. The molecule has 0 unspecified atom stereocenters. The van der Waals surface area contributed by atoms with Crippen molar-refractivity contribution < 1.29 is 4.74 Å². The molecule has 0 saturated carbocycles. The molecular formula is C24H25Cl2N5O. The van der Waals surface area contributed by atoms with E-state index in [1.54, 1.807) is 12.5 Å². The molecule has 4 rings (SSSR count). The van der Waals surface area contributed by atoms with E-state index in [0.29, 0.717) is 12.3 Å². The zero-order valence-electron chi connectivity index (χ0n) is 17.8. The van der Waals surface area contributed by atoms with Crippen LogP contribution in [0, 0.1) is 13.8 Å². The van der Waals surface area contributed by atoms with Gasteiger partial charge in [0.2, 0.25) is 0 Å². The van der Waals surface area contributed by atoms with Gasteiger partial charge in [-0.2, -0.15) is 0 Å². The summed E-state index contributed by atoms with van der Waals surface area (Å²) < 4.78 is 5.96. The number of rotatable bonds is 6. The maximum Gasteiger partial charge on any atom is 0.145 e. The van der Waals surface area contributed by atoms with Gasteiger partial charge in [0.25, 0.3) is 0 Å². The second-order valence-corrected chi connectivity index (χ2v) is 6.98. The SMILES string of the molecule is Cc1ccc(Oc2ccc(Nc3ncnc4ccc(C=CCN)cc34)cc2C)cn1.Cl.Cl. The molecule has 0 radical (unpaired) electrons. The first-order valence-electron chi connectivity index (χ1n) is 9.72. The summed E-state index contributed by atoms with van der Waals surface area (Å²) in [6.07, 6.45) is 7.20. The number of anilines is 2. The number of aromatic nitrogens is 3. The highest BCUT2D eigenvalue weighted by atomic mass is 35.5. The van der Waals surface area contributed by atoms with Crippen molar-refractivity contribution in [1.82, 2.24) is 15.0 Å². The number of nitrogens with zero attached hydrogens (tertiary/aromatic N) is 3. The van der Waals surface area contributed by atoms with Crippen molar-refractivity contribution in [3.8, 4) is 11.5 Å². The van der Waals surface area contributed by atoms with Gasteiger partial charge >= 0.3 is 0 Å². The lowest BCUT2D eigenvalue weighted by atomic mass is 10.1. The maximum atomic E-state index is 5.96. The van der Waals surface area contributed by atoms with Gasteiger partial charge in [0, 0.05) is 23.3 Å². The Kier molecular flexibility index (Phi) is 8.96. The van der Waals surface area contributed by atoms with Gasteiger partial charge in [-0.1, -0.05) is 18.2 Å². The Labute approximate surface area is 199 Å². The second kappa shape index (κ2) is 11.4. The number of pyridine rings is 1. The third-order valence-corrected chi connectivity index (χ3v) is 4.66. The molecule has 0 fully saturated rings. The van der Waals surface area contributed by atoms with E-state index in [4.69, 9.17) is 10.5 Å². The molecule has 2 aromatic heterocycles. The molecule has 3 N–H and O–H groups in total. The fourth-order valence-electron chi connectivity index (χ4n) is 3.10. The highest BCUT2D eigenvalue weighted by molar-refractivity contribution is 5.92. The van der Waals surface area contributed by atoms with Crippen LogP contribution in [0.4, 0.5) is 11.5 Å². The fraction of sp³-hybridized carbons (Fsp3) is 0.125. The first-order valence-corrected chi connectivity index (χ1v) is 9.72. The molecule has 2 heterocycles. The van der Waals surface area contributed by atoms with Crippen LogP contribution in [0.15, 0.2) is 67.1 Å². The smallest absolute Gasteiger partial charge is 0.145 e. The van der Waals surface area contributed by atoms with Crippen LogP contribution in [0.25, 0.3) is 17.0 Å². The molecule has 0 aliphatic heterocycles. The number of halogens is 2. The van der Waals surface area contributed by atoms with Crippen LogP contribution in [-0.4, -0.2) is 21.5 Å². The molecule has 0 amide bonds. The standard InChI is InChI=1S/C24H23N5O.2ClH/c1-16-12-19(7-10-23(16)30-20-8-5-17(2)26-14-20)29-24-21-13-18(4-3-11-25)6-9-22(21)27-15-28-24;;/h3-10,12-15H,11,25H2,1-2H3,(H,27,28,29);2*1H. The molecule has 0 bridgehead atoms. The molecule has 4 aromatic rings. The lowest BCUT2D eigenvalue weighted by Crippen LogP contribution is -1.97. The van der Waals surface area contributed by atoms with Crippen molar-refractivity contribution in [2.75, 3.05) is 11.9 Å². The number of nitrogens with two attached hydrogens (primary N) is 1. The van der Waals surface area contributed by atoms with E-state index in [1.807, 2.05) is 68.5 Å². The summed E-state index contributed by atoms with van der Waals surface area (Å²) in [6, 6.07) is 15.8. The monoisotopic (exact) mass is 469 g/mol. The van der Waals surface area contributed by atoms with Gasteiger partial charge in [0.15, 0.2) is 0 Å². The van der Waals surface area contributed by atoms with Gasteiger partial charge in [0.05, 0.1) is 11.7 Å². The molecule has 2 aromatic carbocycles. The average molecular weight is 470 g/mol. The first-order chi connectivity index (χ1) is 14.6. The molecule has 0 aliphatic rings. The highest BCUT2D eigenvalue weighted by Crippen LogP contribution is 2.30. The Hall–Kier alpha value is -3.19. The fourth-order valence-corrected chi connectivity index (χ4v) is 3.10. The molecule has 8 heteroatoms. The zero-order valence-corrected chi connectivity index (χ0v) is 19.4. The third-order valence-electron chi connectivity index (χ3n) is 4.66. The van der Waals surface area contributed by atoms with Gasteiger partial charge in [-0.25, -0.2) is 9.97 Å². The quantitative estimate of drug-likeness (QED) is 0.360. The van der Waals surface area contributed by atoms with Crippen LogP contribution in [0.1, 0.15) is 16.8 Å². The Morgan fingerprint density at radius 3 is 2.53 bits per heavy atom. The normalized spacial score (nSPS) is 10.5. The summed E-state index contributed by atoms with van der Waals surface area (Å²) in [4.78, 5) is 13.1. The molecule has 0 spiro atoms. The number of benzene rings is 2. The van der Waals surface area contributed by atoms with Crippen LogP contribution < -0.4 is 15.8 Å². The van der Waals surface area contributed by atoms with E-state index >= 15 is 0 Å². The van der Waals surface area contributed by atoms with Gasteiger partial charge in [-0.15, -0.1) is 24.8 Å². The van der Waals surface area contributed by atoms with Crippen LogP contribution in [0.3, 0.4) is 0 Å². The van der Waals surface area contributed by atoms with Crippen molar-refractivity contribution in [2.24, 2.45) is 5.73 Å². The van der Waals surface area contributed by atoms with E-state index < -0.39 is 0 Å². The van der Waals surface area contributed by atoms with Crippen molar-refractivity contribution in [1.29, 1.82) is 0 Å². The number of nitrogens with one attached hydrogen (secondary N) is 1. The van der Waals surface area contributed by atoms with E-state index in [0.717, 1.165) is 45.0 Å². The largest absolute Gasteiger partial charge is 0.455 e. The second-order valence-electron chi connectivity index (χ2n) is 6.98. The Morgan fingerprint density at radius 2 is 1.81 bits per heavy atom. The molecule has 0 aliphatic carbocycles. The summed E-state index contributed by atoms with van der Waals surface area (Å²) in [7, 11) is 0. The number of fused-ring (bicyclic) bond motifs is 1. The van der Waals surface area contributed by atoms with E-state index in [9.17, 15) is 0 Å². The lowest BCUT2D eigenvalue weighted by molar-refractivity contribution is 0.476. The van der Waals surface area contributed by atoms with Gasteiger partial charge in [-0.3, -0.25) is 4.98 Å². The number of aryl methyl sites for hydroxylation is 2.